The lowest BCUT2D eigenvalue weighted by Crippen LogP contribution is -2.27. The smallest absolute Gasteiger partial charge is 0.129 e. The largest absolute Gasteiger partial charge is 0.365 e. The molecule has 0 aromatic carbocycles. The first-order chi connectivity index (χ1) is 6.42. The van der Waals surface area contributed by atoms with Crippen molar-refractivity contribution in [1.82, 2.24) is 4.98 Å². The fraction of sp³-hybridized carbons (Fsp3) is 0.545. The number of nitrogens with zero attached hydrogens (tertiary/aromatic N) is 1. The molecule has 0 aliphatic heterocycles. The van der Waals surface area contributed by atoms with Crippen LogP contribution in [0.2, 0.25) is 0 Å². The summed E-state index contributed by atoms with van der Waals surface area (Å²) >= 11 is 5.72. The van der Waals surface area contributed by atoms with Gasteiger partial charge >= 0.3 is 0 Å². The van der Waals surface area contributed by atoms with Crippen LogP contribution in [0.15, 0.2) is 12.3 Å². The molecule has 0 radical (unpaired) electrons. The minimum absolute atomic E-state index is 0.0419. The second kappa shape index (κ2) is 4.18. The van der Waals surface area contributed by atoms with Crippen molar-refractivity contribution in [2.24, 2.45) is 0 Å². The summed E-state index contributed by atoms with van der Waals surface area (Å²) in [4.78, 5) is 4.34. The van der Waals surface area contributed by atoms with Crippen LogP contribution < -0.4 is 5.32 Å². The molecule has 0 amide bonds. The summed E-state index contributed by atoms with van der Waals surface area (Å²) in [6.45, 7) is 8.38. The minimum atomic E-state index is 0.0419. The Morgan fingerprint density at radius 2 is 2.07 bits per heavy atom. The van der Waals surface area contributed by atoms with Crippen LogP contribution in [0.1, 0.15) is 31.9 Å². The van der Waals surface area contributed by atoms with Gasteiger partial charge in [0.05, 0.1) is 0 Å². The highest BCUT2D eigenvalue weighted by molar-refractivity contribution is 6.17. The maximum atomic E-state index is 5.72. The van der Waals surface area contributed by atoms with Crippen LogP contribution in [0.3, 0.4) is 0 Å². The van der Waals surface area contributed by atoms with Gasteiger partial charge in [0, 0.05) is 17.6 Å². The van der Waals surface area contributed by atoms with Gasteiger partial charge in [-0.3, -0.25) is 0 Å². The Morgan fingerprint density at radius 1 is 1.43 bits per heavy atom. The number of nitrogens with one attached hydrogen (secondary N) is 1. The van der Waals surface area contributed by atoms with Crippen LogP contribution in [0.25, 0.3) is 0 Å². The second-order valence-corrected chi connectivity index (χ2v) is 4.78. The van der Waals surface area contributed by atoms with E-state index in [1.54, 1.807) is 0 Å². The maximum Gasteiger partial charge on any atom is 0.129 e. The molecule has 2 nitrogen and oxygen atoms in total. The highest BCUT2D eigenvalue weighted by Crippen LogP contribution is 2.18. The molecule has 1 heterocycles. The fourth-order valence-electron chi connectivity index (χ4n) is 1.19. The van der Waals surface area contributed by atoms with E-state index in [-0.39, 0.29) is 5.54 Å². The van der Waals surface area contributed by atoms with Gasteiger partial charge in [-0.15, -0.1) is 11.6 Å². The number of halogens is 1. The topological polar surface area (TPSA) is 24.9 Å². The minimum Gasteiger partial charge on any atom is -0.365 e. The quantitative estimate of drug-likeness (QED) is 0.761. The number of hydrogen-bond donors (Lipinski definition) is 1. The van der Waals surface area contributed by atoms with Crippen molar-refractivity contribution in [2.45, 2.75) is 39.1 Å². The van der Waals surface area contributed by atoms with Crippen LogP contribution in [-0.4, -0.2) is 10.5 Å². The van der Waals surface area contributed by atoms with Crippen molar-refractivity contribution in [1.29, 1.82) is 0 Å². The number of hydrogen-bond acceptors (Lipinski definition) is 2. The van der Waals surface area contributed by atoms with Gasteiger partial charge in [-0.1, -0.05) is 0 Å². The SMILES string of the molecule is Cc1cc(CCl)cnc1NC(C)(C)C. The van der Waals surface area contributed by atoms with Gasteiger partial charge in [0.2, 0.25) is 0 Å². The van der Waals surface area contributed by atoms with Gasteiger partial charge in [-0.2, -0.15) is 0 Å². The number of aromatic nitrogens is 1. The number of pyridine rings is 1. The third-order valence-electron chi connectivity index (χ3n) is 1.78. The fourth-order valence-corrected chi connectivity index (χ4v) is 1.34. The first-order valence-corrected chi connectivity index (χ1v) is 5.25. The summed E-state index contributed by atoms with van der Waals surface area (Å²) in [5.41, 5.74) is 2.24. The molecule has 1 aromatic heterocycles. The number of aryl methyl sites for hydroxylation is 1. The van der Waals surface area contributed by atoms with Gasteiger partial charge < -0.3 is 5.32 Å². The van der Waals surface area contributed by atoms with Crippen LogP contribution >= 0.6 is 11.6 Å². The molecular weight excluding hydrogens is 196 g/mol. The van der Waals surface area contributed by atoms with Gasteiger partial charge in [0.15, 0.2) is 0 Å². The second-order valence-electron chi connectivity index (χ2n) is 4.52. The number of alkyl halides is 1. The molecule has 14 heavy (non-hydrogen) atoms. The van der Waals surface area contributed by atoms with E-state index in [4.69, 9.17) is 11.6 Å². The summed E-state index contributed by atoms with van der Waals surface area (Å²) in [5.74, 6) is 1.45. The number of rotatable bonds is 2. The molecule has 0 saturated heterocycles. The summed E-state index contributed by atoms with van der Waals surface area (Å²) in [5, 5.41) is 3.35. The molecule has 0 spiro atoms. The zero-order chi connectivity index (χ0) is 10.8. The summed E-state index contributed by atoms with van der Waals surface area (Å²) in [6, 6.07) is 2.06. The van der Waals surface area contributed by atoms with E-state index in [0.29, 0.717) is 5.88 Å². The average molecular weight is 213 g/mol. The van der Waals surface area contributed by atoms with E-state index in [1.807, 2.05) is 13.1 Å². The molecule has 0 bridgehead atoms. The highest BCUT2D eigenvalue weighted by atomic mass is 35.5. The Bertz CT molecular complexity index is 316. The zero-order valence-corrected chi connectivity index (χ0v) is 9.94. The van der Waals surface area contributed by atoms with Gasteiger partial charge in [-0.25, -0.2) is 4.98 Å². The van der Waals surface area contributed by atoms with E-state index in [2.05, 4.69) is 37.1 Å². The van der Waals surface area contributed by atoms with E-state index in [9.17, 15) is 0 Å². The molecular formula is C11H17ClN2. The third kappa shape index (κ3) is 3.18. The Hall–Kier alpha value is -0.760. The first-order valence-electron chi connectivity index (χ1n) is 4.72. The normalized spacial score (nSPS) is 11.5. The van der Waals surface area contributed by atoms with E-state index >= 15 is 0 Å². The number of anilines is 1. The molecule has 0 aliphatic carbocycles. The molecule has 1 N–H and O–H groups in total. The highest BCUT2D eigenvalue weighted by Gasteiger charge is 2.11. The molecule has 0 atom stereocenters. The predicted octanol–water partition coefficient (Wildman–Crippen LogP) is 3.34. The third-order valence-corrected chi connectivity index (χ3v) is 2.09. The maximum absolute atomic E-state index is 5.72. The summed E-state index contributed by atoms with van der Waals surface area (Å²) < 4.78 is 0. The molecule has 0 saturated carbocycles. The lowest BCUT2D eigenvalue weighted by molar-refractivity contribution is 0.629. The predicted molar refractivity (Wildman–Crippen MR) is 61.9 cm³/mol. The standard InChI is InChI=1S/C11H17ClN2/c1-8-5-9(6-12)7-13-10(8)14-11(2,3)4/h5,7H,6H2,1-4H3,(H,13,14). The van der Waals surface area contributed by atoms with Gasteiger partial charge in [0.1, 0.15) is 5.82 Å². The van der Waals surface area contributed by atoms with Crippen LogP contribution in [0, 0.1) is 6.92 Å². The molecule has 1 aromatic rings. The molecule has 0 fully saturated rings. The molecule has 1 rings (SSSR count). The van der Waals surface area contributed by atoms with Crippen molar-refractivity contribution < 1.29 is 0 Å². The van der Waals surface area contributed by atoms with Crippen LogP contribution in [0.4, 0.5) is 5.82 Å². The van der Waals surface area contributed by atoms with Gasteiger partial charge in [-0.05, 0) is 44.9 Å². The van der Waals surface area contributed by atoms with Crippen molar-refractivity contribution in [3.05, 3.63) is 23.4 Å². The Kier molecular flexibility index (Phi) is 3.38. The zero-order valence-electron chi connectivity index (χ0n) is 9.19. The van der Waals surface area contributed by atoms with Gasteiger partial charge in [0.25, 0.3) is 0 Å². The van der Waals surface area contributed by atoms with Crippen molar-refractivity contribution >= 4 is 17.4 Å². The molecule has 0 unspecified atom stereocenters. The van der Waals surface area contributed by atoms with Crippen molar-refractivity contribution in [3.63, 3.8) is 0 Å². The van der Waals surface area contributed by atoms with Crippen LogP contribution in [0.5, 0.6) is 0 Å². The van der Waals surface area contributed by atoms with E-state index < -0.39 is 0 Å². The monoisotopic (exact) mass is 212 g/mol. The lowest BCUT2D eigenvalue weighted by atomic mass is 10.1. The molecule has 78 valence electrons. The summed E-state index contributed by atoms with van der Waals surface area (Å²) in [7, 11) is 0. The lowest BCUT2D eigenvalue weighted by Gasteiger charge is -2.22. The van der Waals surface area contributed by atoms with Crippen LogP contribution in [-0.2, 0) is 5.88 Å². The average Bonchev–Trinajstić information content (AvgIpc) is 2.06. The van der Waals surface area contributed by atoms with E-state index in [1.165, 1.54) is 0 Å². The van der Waals surface area contributed by atoms with Crippen molar-refractivity contribution in [3.8, 4) is 0 Å². The summed E-state index contributed by atoms with van der Waals surface area (Å²) in [6.07, 6.45) is 1.81. The molecule has 3 heteroatoms. The Labute approximate surface area is 90.7 Å². The Morgan fingerprint density at radius 3 is 2.50 bits per heavy atom. The van der Waals surface area contributed by atoms with E-state index in [0.717, 1.165) is 16.9 Å². The molecule has 0 aliphatic rings. The van der Waals surface area contributed by atoms with Crippen molar-refractivity contribution in [2.75, 3.05) is 5.32 Å². The Balaban J connectivity index is 2.89. The first kappa shape index (κ1) is 11.3.